The van der Waals surface area contributed by atoms with Gasteiger partial charge in [-0.3, -0.25) is 9.63 Å². The number of benzene rings is 3. The minimum Gasteiger partial charge on any atom is -0.497 e. The van der Waals surface area contributed by atoms with Gasteiger partial charge in [0.2, 0.25) is 5.88 Å². The summed E-state index contributed by atoms with van der Waals surface area (Å²) in [6, 6.07) is 17.6. The quantitative estimate of drug-likeness (QED) is 0.282. The summed E-state index contributed by atoms with van der Waals surface area (Å²) >= 11 is 12.5. The summed E-state index contributed by atoms with van der Waals surface area (Å²) < 4.78 is 35.4. The molecule has 3 aromatic carbocycles. The first-order valence-corrected chi connectivity index (χ1v) is 12.5. The molecule has 1 amide bonds. The summed E-state index contributed by atoms with van der Waals surface area (Å²) in [5, 5.41) is 3.55. The van der Waals surface area contributed by atoms with E-state index in [4.69, 9.17) is 32.7 Å². The molecule has 0 unspecified atom stereocenters. The molecule has 1 aromatic heterocycles. The fourth-order valence-electron chi connectivity index (χ4n) is 3.28. The molecule has 0 aliphatic heterocycles. The van der Waals surface area contributed by atoms with E-state index in [-0.39, 0.29) is 37.8 Å². The van der Waals surface area contributed by atoms with E-state index in [1.54, 1.807) is 30.3 Å². The van der Waals surface area contributed by atoms with Crippen molar-refractivity contribution in [2.24, 2.45) is 0 Å². The fourth-order valence-corrected chi connectivity index (χ4v) is 4.85. The zero-order valence-corrected chi connectivity index (χ0v) is 21.2. The molecule has 0 aliphatic carbocycles. The number of hydrogen-bond donors (Lipinski definition) is 2. The highest BCUT2D eigenvalue weighted by atomic mass is 35.5. The summed E-state index contributed by atoms with van der Waals surface area (Å²) in [6.07, 6.45) is 0. The average molecular weight is 548 g/mol. The Morgan fingerprint density at radius 3 is 2.42 bits per heavy atom. The van der Waals surface area contributed by atoms with Gasteiger partial charge in [-0.2, -0.15) is 0 Å². The molecule has 36 heavy (non-hydrogen) atoms. The highest BCUT2D eigenvalue weighted by molar-refractivity contribution is 7.89. The molecule has 2 N–H and O–H groups in total. The Balaban J connectivity index is 1.69. The Labute approximate surface area is 216 Å². The van der Waals surface area contributed by atoms with Gasteiger partial charge in [0.1, 0.15) is 22.0 Å². The van der Waals surface area contributed by atoms with E-state index in [0.29, 0.717) is 16.7 Å². The predicted molar refractivity (Wildman–Crippen MR) is 137 cm³/mol. The van der Waals surface area contributed by atoms with Crippen LogP contribution in [0, 0.1) is 0 Å². The number of halogens is 2. The van der Waals surface area contributed by atoms with Crippen LogP contribution in [-0.2, 0) is 14.9 Å². The van der Waals surface area contributed by atoms with Crippen LogP contribution in [-0.4, -0.2) is 33.5 Å². The maximum Gasteiger partial charge on any atom is 0.263 e. The molecule has 12 heteroatoms. The third kappa shape index (κ3) is 5.53. The molecule has 9 nitrogen and oxygen atoms in total. The molecule has 0 atom stereocenters. The van der Waals surface area contributed by atoms with Gasteiger partial charge in [-0.1, -0.05) is 46.3 Å². The van der Waals surface area contributed by atoms with Crippen LogP contribution in [0.2, 0.25) is 10.0 Å². The SMILES string of the molecule is CONS(=O)(=O)c1ccc(NC(=O)c2cc3ccccc3nc2Oc2ccc(OC)cc2Cl)cc1Cl. The van der Waals surface area contributed by atoms with Gasteiger partial charge in [-0.15, -0.1) is 0 Å². The van der Waals surface area contributed by atoms with Crippen LogP contribution in [0.3, 0.4) is 0 Å². The second-order valence-corrected chi connectivity index (χ2v) is 9.75. The molecule has 0 saturated carbocycles. The largest absolute Gasteiger partial charge is 0.497 e. The van der Waals surface area contributed by atoms with Crippen LogP contribution in [0.15, 0.2) is 71.6 Å². The zero-order valence-electron chi connectivity index (χ0n) is 18.9. The molecular weight excluding hydrogens is 529 g/mol. The number of rotatable bonds is 8. The van der Waals surface area contributed by atoms with Gasteiger partial charge in [-0.05, 0) is 42.5 Å². The van der Waals surface area contributed by atoms with Gasteiger partial charge in [0, 0.05) is 17.1 Å². The lowest BCUT2D eigenvalue weighted by atomic mass is 10.1. The molecule has 0 saturated heterocycles. The van der Waals surface area contributed by atoms with Crippen molar-refractivity contribution in [2.45, 2.75) is 4.90 Å². The number of nitrogens with one attached hydrogen (secondary N) is 2. The number of anilines is 1. The summed E-state index contributed by atoms with van der Waals surface area (Å²) in [7, 11) is -1.30. The number of sulfonamides is 1. The second-order valence-electron chi connectivity index (χ2n) is 7.32. The number of ether oxygens (including phenoxy) is 2. The number of methoxy groups -OCH3 is 1. The highest BCUT2D eigenvalue weighted by Gasteiger charge is 2.21. The highest BCUT2D eigenvalue weighted by Crippen LogP contribution is 2.34. The van der Waals surface area contributed by atoms with Gasteiger partial charge >= 0.3 is 0 Å². The zero-order chi connectivity index (χ0) is 25.9. The first kappa shape index (κ1) is 25.7. The lowest BCUT2D eigenvalue weighted by molar-refractivity contribution is 0.102. The Hall–Kier alpha value is -3.41. The Morgan fingerprint density at radius 2 is 1.72 bits per heavy atom. The van der Waals surface area contributed by atoms with E-state index < -0.39 is 15.9 Å². The van der Waals surface area contributed by atoms with Crippen molar-refractivity contribution in [1.82, 2.24) is 9.87 Å². The normalized spacial score (nSPS) is 11.3. The molecule has 0 spiro atoms. The number of carbonyl (C=O) groups excluding carboxylic acids is 1. The van der Waals surface area contributed by atoms with E-state index >= 15 is 0 Å². The number of hydrogen-bond acceptors (Lipinski definition) is 7. The van der Waals surface area contributed by atoms with Gasteiger partial charge in [0.25, 0.3) is 15.9 Å². The number of pyridine rings is 1. The van der Waals surface area contributed by atoms with Crippen molar-refractivity contribution in [2.75, 3.05) is 19.5 Å². The first-order valence-electron chi connectivity index (χ1n) is 10.3. The smallest absolute Gasteiger partial charge is 0.263 e. The van der Waals surface area contributed by atoms with Crippen molar-refractivity contribution in [1.29, 1.82) is 0 Å². The van der Waals surface area contributed by atoms with Crippen LogP contribution in [0.25, 0.3) is 10.9 Å². The van der Waals surface area contributed by atoms with Gasteiger partial charge in [-0.25, -0.2) is 13.4 Å². The lowest BCUT2D eigenvalue weighted by Gasteiger charge is -2.14. The van der Waals surface area contributed by atoms with Crippen LogP contribution in [0.5, 0.6) is 17.4 Å². The fraction of sp³-hybridized carbons (Fsp3) is 0.0833. The van der Waals surface area contributed by atoms with Crippen molar-refractivity contribution in [3.8, 4) is 17.4 Å². The molecule has 0 fully saturated rings. The van der Waals surface area contributed by atoms with E-state index in [0.717, 1.165) is 7.11 Å². The maximum absolute atomic E-state index is 13.3. The van der Waals surface area contributed by atoms with E-state index in [1.807, 2.05) is 23.1 Å². The number of fused-ring (bicyclic) bond motifs is 1. The van der Waals surface area contributed by atoms with Crippen LogP contribution in [0.4, 0.5) is 5.69 Å². The molecule has 0 radical (unpaired) electrons. The van der Waals surface area contributed by atoms with Gasteiger partial charge < -0.3 is 14.8 Å². The summed E-state index contributed by atoms with van der Waals surface area (Å²) in [5.74, 6) is 0.278. The summed E-state index contributed by atoms with van der Waals surface area (Å²) in [6.45, 7) is 0. The van der Waals surface area contributed by atoms with Crippen LogP contribution < -0.4 is 19.7 Å². The average Bonchev–Trinajstić information content (AvgIpc) is 2.84. The monoisotopic (exact) mass is 547 g/mol. The number of aromatic nitrogens is 1. The Bertz CT molecular complexity index is 1560. The number of amides is 1. The molecule has 1 heterocycles. The molecule has 0 aliphatic rings. The minimum absolute atomic E-state index is 0.0212. The molecule has 186 valence electrons. The van der Waals surface area contributed by atoms with Crippen molar-refractivity contribution in [3.05, 3.63) is 82.3 Å². The third-order valence-electron chi connectivity index (χ3n) is 4.95. The second kappa shape index (κ2) is 10.7. The van der Waals surface area contributed by atoms with Crippen molar-refractivity contribution < 1.29 is 27.5 Å². The molecule has 4 aromatic rings. The third-order valence-corrected chi connectivity index (χ3v) is 6.99. The van der Waals surface area contributed by atoms with E-state index in [1.165, 1.54) is 25.3 Å². The number of carbonyl (C=O) groups is 1. The van der Waals surface area contributed by atoms with Gasteiger partial charge in [0.05, 0.1) is 29.8 Å². The number of para-hydroxylation sites is 1. The molecule has 0 bridgehead atoms. The van der Waals surface area contributed by atoms with E-state index in [9.17, 15) is 13.2 Å². The topological polar surface area (TPSA) is 116 Å². The van der Waals surface area contributed by atoms with Gasteiger partial charge in [0.15, 0.2) is 0 Å². The van der Waals surface area contributed by atoms with E-state index in [2.05, 4.69) is 15.1 Å². The Kier molecular flexibility index (Phi) is 7.62. The summed E-state index contributed by atoms with van der Waals surface area (Å²) in [4.78, 5) is 23.9. The molecular formula is C24H19Cl2N3O6S. The van der Waals surface area contributed by atoms with Crippen LogP contribution in [0.1, 0.15) is 10.4 Å². The predicted octanol–water partition coefficient (Wildman–Crippen LogP) is 5.43. The van der Waals surface area contributed by atoms with Crippen molar-refractivity contribution in [3.63, 3.8) is 0 Å². The van der Waals surface area contributed by atoms with Crippen molar-refractivity contribution >= 4 is 55.7 Å². The summed E-state index contributed by atoms with van der Waals surface area (Å²) in [5.41, 5.74) is 0.981. The first-order chi connectivity index (χ1) is 17.2. The maximum atomic E-state index is 13.3. The standard InChI is InChI=1S/C24H19Cl2N3O6S/c1-33-16-8-9-21(18(25)13-16)35-24-17(11-14-5-3-4-6-20(14)28-24)23(30)27-15-7-10-22(19(26)12-15)36(31,32)29-34-2/h3-13,29H,1-2H3,(H,27,30). The number of nitrogens with zero attached hydrogens (tertiary/aromatic N) is 1. The molecule has 4 rings (SSSR count). The minimum atomic E-state index is -3.98. The lowest BCUT2D eigenvalue weighted by Crippen LogP contribution is -2.22. The Morgan fingerprint density at radius 1 is 0.944 bits per heavy atom. The van der Waals surface area contributed by atoms with Crippen LogP contribution >= 0.6 is 23.2 Å².